The number of nitrogens with one attached hydrogen (secondary N) is 1. The van der Waals surface area contributed by atoms with Gasteiger partial charge < -0.3 is 20.1 Å². The lowest BCUT2D eigenvalue weighted by atomic mass is 10.2. The maximum Gasteiger partial charge on any atom is 0.194 e. The predicted molar refractivity (Wildman–Crippen MR) is 112 cm³/mol. The van der Waals surface area contributed by atoms with Gasteiger partial charge in [-0.1, -0.05) is 18.2 Å². The van der Waals surface area contributed by atoms with Crippen LogP contribution in [0.1, 0.15) is 44.6 Å². The quantitative estimate of drug-likeness (QED) is 0.404. The lowest BCUT2D eigenvalue weighted by Gasteiger charge is -2.21. The van der Waals surface area contributed by atoms with Gasteiger partial charge in [0.15, 0.2) is 5.96 Å². The van der Waals surface area contributed by atoms with E-state index in [-0.39, 0.29) is 30.1 Å². The number of likely N-dealkylation sites (tertiary alicyclic amines) is 1. The zero-order valence-corrected chi connectivity index (χ0v) is 17.3. The van der Waals surface area contributed by atoms with Gasteiger partial charge in [-0.3, -0.25) is 0 Å². The molecule has 0 unspecified atom stereocenters. The number of hydrogen-bond donors (Lipinski definition) is 2. The largest absolute Gasteiger partial charge is 0.490 e. The van der Waals surface area contributed by atoms with Crippen LogP contribution < -0.4 is 10.1 Å². The Balaban J connectivity index is 0.00000225. The molecule has 1 aliphatic heterocycles. The van der Waals surface area contributed by atoms with Crippen molar-refractivity contribution in [3.8, 4) is 5.75 Å². The third-order valence-corrected chi connectivity index (χ3v) is 4.77. The first-order chi connectivity index (χ1) is 11.8. The van der Waals surface area contributed by atoms with Crippen LogP contribution in [0.3, 0.4) is 0 Å². The molecule has 2 N–H and O–H groups in total. The average molecular weight is 459 g/mol. The molecule has 1 aliphatic carbocycles. The number of hydrogen-bond acceptors (Lipinski definition) is 3. The van der Waals surface area contributed by atoms with Gasteiger partial charge in [-0.15, -0.1) is 24.0 Å². The van der Waals surface area contributed by atoms with Crippen molar-refractivity contribution in [1.82, 2.24) is 10.2 Å². The average Bonchev–Trinajstić information content (AvgIpc) is 3.24. The first-order valence-corrected chi connectivity index (χ1v) is 9.22. The second-order valence-electron chi connectivity index (χ2n) is 6.69. The number of ether oxygens (including phenoxy) is 1. The van der Waals surface area contributed by atoms with Crippen LogP contribution >= 0.6 is 24.0 Å². The monoisotopic (exact) mass is 459 g/mol. The van der Waals surface area contributed by atoms with Crippen molar-refractivity contribution in [2.24, 2.45) is 4.99 Å². The molecule has 2 fully saturated rings. The Morgan fingerprint density at radius 1 is 1.28 bits per heavy atom. The SMILES string of the molecule is CCNC(=NCc1ccccc1OC1CCCC1)N1CC[C@@H](O)C1.I. The molecule has 5 nitrogen and oxygen atoms in total. The molecule has 25 heavy (non-hydrogen) atoms. The van der Waals surface area contributed by atoms with Crippen LogP contribution in [0.2, 0.25) is 0 Å². The summed E-state index contributed by atoms with van der Waals surface area (Å²) in [5.74, 6) is 1.84. The Morgan fingerprint density at radius 2 is 2.04 bits per heavy atom. The molecule has 140 valence electrons. The van der Waals surface area contributed by atoms with E-state index in [2.05, 4.69) is 29.3 Å². The minimum atomic E-state index is -0.244. The number of β-amino-alcohol motifs (C(OH)–C–C–N with tert-alkyl or cyclic N) is 1. The van der Waals surface area contributed by atoms with E-state index in [9.17, 15) is 5.11 Å². The van der Waals surface area contributed by atoms with Crippen LogP contribution in [-0.2, 0) is 6.54 Å². The third-order valence-electron chi connectivity index (χ3n) is 4.77. The molecule has 1 aromatic rings. The van der Waals surface area contributed by atoms with Crippen LogP contribution in [0, 0.1) is 0 Å². The number of aliphatic hydroxyl groups excluding tert-OH is 1. The van der Waals surface area contributed by atoms with Crippen LogP contribution in [-0.4, -0.2) is 47.8 Å². The molecule has 2 aliphatic rings. The smallest absolute Gasteiger partial charge is 0.194 e. The molecule has 1 aromatic carbocycles. The Labute approximate surface area is 167 Å². The molecule has 1 saturated heterocycles. The molecule has 0 radical (unpaired) electrons. The second-order valence-corrected chi connectivity index (χ2v) is 6.69. The fourth-order valence-corrected chi connectivity index (χ4v) is 3.46. The van der Waals surface area contributed by atoms with Crippen LogP contribution in [0.4, 0.5) is 0 Å². The highest BCUT2D eigenvalue weighted by Gasteiger charge is 2.23. The first kappa shape index (κ1) is 20.3. The van der Waals surface area contributed by atoms with Gasteiger partial charge in [0, 0.05) is 25.2 Å². The highest BCUT2D eigenvalue weighted by molar-refractivity contribution is 14.0. The first-order valence-electron chi connectivity index (χ1n) is 9.22. The normalized spacial score (nSPS) is 21.3. The van der Waals surface area contributed by atoms with E-state index >= 15 is 0 Å². The summed E-state index contributed by atoms with van der Waals surface area (Å²) in [4.78, 5) is 6.91. The lowest BCUT2D eigenvalue weighted by Crippen LogP contribution is -2.40. The Bertz CT molecular complexity index is 561. The molecule has 1 atom stereocenters. The number of nitrogens with zero attached hydrogens (tertiary/aromatic N) is 2. The molecule has 6 heteroatoms. The van der Waals surface area contributed by atoms with Crippen molar-refractivity contribution in [3.63, 3.8) is 0 Å². The number of benzene rings is 1. The van der Waals surface area contributed by atoms with E-state index in [0.717, 1.165) is 49.6 Å². The van der Waals surface area contributed by atoms with Crippen molar-refractivity contribution >= 4 is 29.9 Å². The van der Waals surface area contributed by atoms with Crippen molar-refractivity contribution < 1.29 is 9.84 Å². The molecule has 0 amide bonds. The number of aliphatic imine (C=N–C) groups is 1. The molecule has 1 saturated carbocycles. The predicted octanol–water partition coefficient (Wildman–Crippen LogP) is 3.16. The van der Waals surface area contributed by atoms with Gasteiger partial charge in [0.1, 0.15) is 5.75 Å². The van der Waals surface area contributed by atoms with Gasteiger partial charge in [-0.05, 0) is 45.1 Å². The van der Waals surface area contributed by atoms with Crippen molar-refractivity contribution in [3.05, 3.63) is 29.8 Å². The second kappa shape index (κ2) is 10.2. The summed E-state index contributed by atoms with van der Waals surface area (Å²) >= 11 is 0. The summed E-state index contributed by atoms with van der Waals surface area (Å²) < 4.78 is 6.20. The van der Waals surface area contributed by atoms with E-state index in [1.54, 1.807) is 0 Å². The van der Waals surface area contributed by atoms with Crippen LogP contribution in [0.5, 0.6) is 5.75 Å². The van der Waals surface area contributed by atoms with Gasteiger partial charge >= 0.3 is 0 Å². The fraction of sp³-hybridized carbons (Fsp3) is 0.632. The fourth-order valence-electron chi connectivity index (χ4n) is 3.46. The Morgan fingerprint density at radius 3 is 2.72 bits per heavy atom. The van der Waals surface area contributed by atoms with E-state index < -0.39 is 0 Å². The third kappa shape index (κ3) is 5.74. The highest BCUT2D eigenvalue weighted by Crippen LogP contribution is 2.27. The number of guanidine groups is 1. The molecule has 0 spiro atoms. The summed E-state index contributed by atoms with van der Waals surface area (Å²) in [6.07, 6.45) is 5.78. The van der Waals surface area contributed by atoms with Gasteiger partial charge in [-0.2, -0.15) is 0 Å². The zero-order valence-electron chi connectivity index (χ0n) is 15.0. The van der Waals surface area contributed by atoms with Gasteiger partial charge in [0.2, 0.25) is 0 Å². The molecular formula is C19H30IN3O2. The number of para-hydroxylation sites is 1. The number of halogens is 1. The topological polar surface area (TPSA) is 57.1 Å². The van der Waals surface area contributed by atoms with E-state index in [0.29, 0.717) is 19.2 Å². The minimum Gasteiger partial charge on any atom is -0.490 e. The van der Waals surface area contributed by atoms with E-state index in [1.165, 1.54) is 12.8 Å². The summed E-state index contributed by atoms with van der Waals surface area (Å²) in [5.41, 5.74) is 1.12. The minimum absolute atomic E-state index is 0. The number of aliphatic hydroxyl groups is 1. The molecular weight excluding hydrogens is 429 g/mol. The van der Waals surface area contributed by atoms with Crippen molar-refractivity contribution in [2.75, 3.05) is 19.6 Å². The number of rotatable bonds is 5. The summed E-state index contributed by atoms with van der Waals surface area (Å²) in [6.45, 7) is 5.00. The van der Waals surface area contributed by atoms with Crippen LogP contribution in [0.25, 0.3) is 0 Å². The van der Waals surface area contributed by atoms with Gasteiger partial charge in [0.05, 0.1) is 18.8 Å². The Kier molecular flexibility index (Phi) is 8.29. The highest BCUT2D eigenvalue weighted by atomic mass is 127. The van der Waals surface area contributed by atoms with E-state index in [4.69, 9.17) is 9.73 Å². The van der Waals surface area contributed by atoms with Crippen molar-refractivity contribution in [2.45, 2.75) is 57.8 Å². The molecule has 3 rings (SSSR count). The molecule has 0 aromatic heterocycles. The maximum absolute atomic E-state index is 9.76. The van der Waals surface area contributed by atoms with Gasteiger partial charge in [-0.25, -0.2) is 4.99 Å². The van der Waals surface area contributed by atoms with Gasteiger partial charge in [0.25, 0.3) is 0 Å². The van der Waals surface area contributed by atoms with E-state index in [1.807, 2.05) is 12.1 Å². The summed E-state index contributed by atoms with van der Waals surface area (Å²) in [6, 6.07) is 8.21. The van der Waals surface area contributed by atoms with Crippen molar-refractivity contribution in [1.29, 1.82) is 0 Å². The summed E-state index contributed by atoms with van der Waals surface area (Å²) in [5, 5.41) is 13.1. The zero-order chi connectivity index (χ0) is 16.8. The van der Waals surface area contributed by atoms with Crippen LogP contribution in [0.15, 0.2) is 29.3 Å². The summed E-state index contributed by atoms with van der Waals surface area (Å²) in [7, 11) is 0. The molecule has 1 heterocycles. The lowest BCUT2D eigenvalue weighted by molar-refractivity contribution is 0.187. The molecule has 0 bridgehead atoms. The maximum atomic E-state index is 9.76. The Hall–Kier alpha value is -1.02. The standard InChI is InChI=1S/C19H29N3O2.HI/c1-2-20-19(22-12-11-16(23)14-22)21-13-15-7-3-6-10-18(15)24-17-8-4-5-9-17;/h3,6-7,10,16-17,23H,2,4-5,8-9,11-14H2,1H3,(H,20,21);1H/t16-;/m1./s1.